The van der Waals surface area contributed by atoms with Gasteiger partial charge in [-0.1, -0.05) is 12.1 Å². The third-order valence-corrected chi connectivity index (χ3v) is 4.08. The van der Waals surface area contributed by atoms with E-state index in [1.165, 1.54) is 0 Å². The second-order valence-electron chi connectivity index (χ2n) is 5.65. The molecule has 1 N–H and O–H groups in total. The van der Waals surface area contributed by atoms with Crippen molar-refractivity contribution in [2.24, 2.45) is 0 Å². The number of carbonyl (C=O) groups is 1. The number of methoxy groups -OCH3 is 1. The van der Waals surface area contributed by atoms with Gasteiger partial charge in [-0.3, -0.25) is 4.79 Å². The van der Waals surface area contributed by atoms with E-state index in [4.69, 9.17) is 4.74 Å². The first-order valence-corrected chi connectivity index (χ1v) is 7.67. The summed E-state index contributed by atoms with van der Waals surface area (Å²) in [5.41, 5.74) is 1.12. The van der Waals surface area contributed by atoms with E-state index in [0.717, 1.165) is 42.9 Å². The molecule has 0 radical (unpaired) electrons. The number of nitrogens with zero attached hydrogens (tertiary/aromatic N) is 2. The normalized spacial score (nSPS) is 16.9. The number of aromatic nitrogens is 2. The SMILES string of the molecule is COc1cccc(CCC(=O)NC2CCc3nccn3C2)c1. The minimum absolute atomic E-state index is 0.108. The van der Waals surface area contributed by atoms with Gasteiger partial charge in [0.05, 0.1) is 7.11 Å². The maximum atomic E-state index is 12.1. The van der Waals surface area contributed by atoms with Gasteiger partial charge in [0.1, 0.15) is 11.6 Å². The second kappa shape index (κ2) is 6.64. The molecule has 1 aromatic carbocycles. The molecule has 5 nitrogen and oxygen atoms in total. The summed E-state index contributed by atoms with van der Waals surface area (Å²) in [4.78, 5) is 16.4. The van der Waals surface area contributed by atoms with E-state index in [0.29, 0.717) is 6.42 Å². The molecule has 3 rings (SSSR count). The van der Waals surface area contributed by atoms with Crippen LogP contribution >= 0.6 is 0 Å². The van der Waals surface area contributed by atoms with Gasteiger partial charge in [-0.05, 0) is 30.5 Å². The highest BCUT2D eigenvalue weighted by Gasteiger charge is 2.20. The fourth-order valence-electron chi connectivity index (χ4n) is 2.87. The third kappa shape index (κ3) is 3.47. The average molecular weight is 299 g/mol. The predicted molar refractivity (Wildman–Crippen MR) is 83.8 cm³/mol. The van der Waals surface area contributed by atoms with Crippen molar-refractivity contribution in [1.29, 1.82) is 0 Å². The first-order chi connectivity index (χ1) is 10.7. The van der Waals surface area contributed by atoms with Crippen LogP contribution in [0.4, 0.5) is 0 Å². The number of carbonyl (C=O) groups excluding carboxylic acids is 1. The number of hydrogen-bond donors (Lipinski definition) is 1. The van der Waals surface area contributed by atoms with Gasteiger partial charge in [-0.15, -0.1) is 0 Å². The van der Waals surface area contributed by atoms with Gasteiger partial charge in [0.25, 0.3) is 0 Å². The van der Waals surface area contributed by atoms with E-state index < -0.39 is 0 Å². The van der Waals surface area contributed by atoms with Crippen molar-refractivity contribution >= 4 is 5.91 Å². The van der Waals surface area contributed by atoms with Gasteiger partial charge in [-0.2, -0.15) is 0 Å². The van der Waals surface area contributed by atoms with Crippen LogP contribution in [0, 0.1) is 0 Å². The summed E-state index contributed by atoms with van der Waals surface area (Å²) in [6, 6.07) is 8.07. The number of imidazole rings is 1. The zero-order chi connectivity index (χ0) is 15.4. The number of hydrogen-bond acceptors (Lipinski definition) is 3. The number of amides is 1. The molecule has 0 bridgehead atoms. The maximum absolute atomic E-state index is 12.1. The Bertz CT molecular complexity index is 651. The molecular weight excluding hydrogens is 278 g/mol. The van der Waals surface area contributed by atoms with Crippen LogP contribution in [0.15, 0.2) is 36.7 Å². The summed E-state index contributed by atoms with van der Waals surface area (Å²) in [5.74, 6) is 2.05. The third-order valence-electron chi connectivity index (χ3n) is 4.08. The average Bonchev–Trinajstić information content (AvgIpc) is 3.01. The summed E-state index contributed by atoms with van der Waals surface area (Å²) in [6.07, 6.45) is 6.91. The molecule has 22 heavy (non-hydrogen) atoms. The summed E-state index contributed by atoms with van der Waals surface area (Å²) in [7, 11) is 1.65. The smallest absolute Gasteiger partial charge is 0.220 e. The molecule has 1 aromatic heterocycles. The number of aryl methyl sites for hydroxylation is 2. The van der Waals surface area contributed by atoms with Gasteiger partial charge in [0, 0.05) is 37.8 Å². The highest BCUT2D eigenvalue weighted by Crippen LogP contribution is 2.15. The lowest BCUT2D eigenvalue weighted by molar-refractivity contribution is -0.122. The summed E-state index contributed by atoms with van der Waals surface area (Å²) in [6.45, 7) is 0.820. The molecule has 1 aliphatic rings. The Morgan fingerprint density at radius 2 is 2.41 bits per heavy atom. The van der Waals surface area contributed by atoms with Crippen molar-refractivity contribution in [3.8, 4) is 5.75 Å². The Morgan fingerprint density at radius 3 is 3.27 bits per heavy atom. The fourth-order valence-corrected chi connectivity index (χ4v) is 2.87. The summed E-state index contributed by atoms with van der Waals surface area (Å²) < 4.78 is 7.32. The lowest BCUT2D eigenvalue weighted by Gasteiger charge is -2.24. The molecule has 1 atom stereocenters. The van der Waals surface area contributed by atoms with Crippen LogP contribution in [0.1, 0.15) is 24.2 Å². The van der Waals surface area contributed by atoms with Gasteiger partial charge in [-0.25, -0.2) is 4.98 Å². The first kappa shape index (κ1) is 14.6. The number of benzene rings is 1. The van der Waals surface area contributed by atoms with Gasteiger partial charge in [0.2, 0.25) is 5.91 Å². The number of fused-ring (bicyclic) bond motifs is 1. The van der Waals surface area contributed by atoms with Gasteiger partial charge < -0.3 is 14.6 Å². The standard InChI is InChI=1S/C17H21N3O2/c1-22-15-4-2-3-13(11-15)5-8-17(21)19-14-6-7-16-18-9-10-20(16)12-14/h2-4,9-11,14H,5-8,12H2,1H3,(H,19,21). The Hall–Kier alpha value is -2.30. The minimum Gasteiger partial charge on any atom is -0.497 e. The van der Waals surface area contributed by atoms with E-state index in [1.807, 2.05) is 36.7 Å². The molecule has 0 spiro atoms. The molecule has 5 heteroatoms. The molecule has 116 valence electrons. The highest BCUT2D eigenvalue weighted by molar-refractivity contribution is 5.76. The molecule has 2 aromatic rings. The van der Waals surface area contributed by atoms with E-state index in [2.05, 4.69) is 14.9 Å². The van der Waals surface area contributed by atoms with E-state index in [9.17, 15) is 4.79 Å². The van der Waals surface area contributed by atoms with Crippen molar-refractivity contribution in [1.82, 2.24) is 14.9 Å². The fraction of sp³-hybridized carbons (Fsp3) is 0.412. The van der Waals surface area contributed by atoms with Crippen LogP contribution in [-0.4, -0.2) is 28.6 Å². The molecule has 1 amide bonds. The highest BCUT2D eigenvalue weighted by atomic mass is 16.5. The first-order valence-electron chi connectivity index (χ1n) is 7.67. The van der Waals surface area contributed by atoms with Crippen LogP contribution in [0.2, 0.25) is 0 Å². The van der Waals surface area contributed by atoms with Crippen LogP contribution in [0.25, 0.3) is 0 Å². The van der Waals surface area contributed by atoms with Crippen LogP contribution < -0.4 is 10.1 Å². The van der Waals surface area contributed by atoms with Crippen molar-refractivity contribution < 1.29 is 9.53 Å². The minimum atomic E-state index is 0.108. The number of ether oxygens (including phenoxy) is 1. The van der Waals surface area contributed by atoms with Crippen molar-refractivity contribution in [3.63, 3.8) is 0 Å². The number of rotatable bonds is 5. The van der Waals surface area contributed by atoms with Gasteiger partial charge >= 0.3 is 0 Å². The zero-order valence-electron chi connectivity index (χ0n) is 12.8. The predicted octanol–water partition coefficient (Wildman–Crippen LogP) is 1.96. The molecular formula is C17H21N3O2. The van der Waals surface area contributed by atoms with E-state index >= 15 is 0 Å². The van der Waals surface area contributed by atoms with Crippen LogP contribution in [0.5, 0.6) is 5.75 Å². The Labute approximate surface area is 130 Å². The van der Waals surface area contributed by atoms with Crippen molar-refractivity contribution in [2.45, 2.75) is 38.3 Å². The maximum Gasteiger partial charge on any atom is 0.220 e. The quantitative estimate of drug-likeness (QED) is 0.918. The molecule has 0 fully saturated rings. The lowest BCUT2D eigenvalue weighted by Crippen LogP contribution is -2.40. The molecule has 0 aliphatic carbocycles. The molecule has 1 unspecified atom stereocenters. The van der Waals surface area contributed by atoms with Crippen LogP contribution in [-0.2, 0) is 24.2 Å². The largest absolute Gasteiger partial charge is 0.497 e. The second-order valence-corrected chi connectivity index (χ2v) is 5.65. The Morgan fingerprint density at radius 1 is 1.50 bits per heavy atom. The summed E-state index contributed by atoms with van der Waals surface area (Å²) >= 11 is 0. The molecule has 0 saturated heterocycles. The molecule has 0 saturated carbocycles. The Kier molecular flexibility index (Phi) is 4.42. The monoisotopic (exact) mass is 299 g/mol. The zero-order valence-corrected chi connectivity index (χ0v) is 12.8. The summed E-state index contributed by atoms with van der Waals surface area (Å²) in [5, 5.41) is 3.13. The van der Waals surface area contributed by atoms with Crippen molar-refractivity contribution in [3.05, 3.63) is 48.0 Å². The molecule has 1 aliphatic heterocycles. The van der Waals surface area contributed by atoms with E-state index in [-0.39, 0.29) is 11.9 Å². The lowest BCUT2D eigenvalue weighted by atomic mass is 10.1. The van der Waals surface area contributed by atoms with E-state index in [1.54, 1.807) is 7.11 Å². The Balaban J connectivity index is 1.49. The van der Waals surface area contributed by atoms with Crippen LogP contribution in [0.3, 0.4) is 0 Å². The van der Waals surface area contributed by atoms with Crippen molar-refractivity contribution in [2.75, 3.05) is 7.11 Å². The van der Waals surface area contributed by atoms with Gasteiger partial charge in [0.15, 0.2) is 0 Å². The number of nitrogens with one attached hydrogen (secondary N) is 1. The topological polar surface area (TPSA) is 56.1 Å². The molecule has 2 heterocycles.